The van der Waals surface area contributed by atoms with Crippen LogP contribution >= 0.6 is 0 Å². The first-order valence-electron chi connectivity index (χ1n) is 6.34. The molecular formula is C14H16FNO3S. The highest BCUT2D eigenvalue weighted by Crippen LogP contribution is 2.29. The maximum Gasteiger partial charge on any atom is 0.260 e. The minimum Gasteiger partial charge on any atom is -0.269 e. The number of hydrogen-bond donors (Lipinski definition) is 1. The normalized spacial score (nSPS) is 16.0. The van der Waals surface area contributed by atoms with E-state index in [0.717, 1.165) is 12.8 Å². The lowest BCUT2D eigenvalue weighted by molar-refractivity contribution is -0.115. The van der Waals surface area contributed by atoms with Gasteiger partial charge in [-0.15, -0.1) is 0 Å². The summed E-state index contributed by atoms with van der Waals surface area (Å²) in [5.74, 6) is -0.823. The van der Waals surface area contributed by atoms with Crippen molar-refractivity contribution in [2.75, 3.05) is 5.75 Å². The first-order chi connectivity index (χ1) is 9.35. The maximum atomic E-state index is 12.8. The van der Waals surface area contributed by atoms with Crippen LogP contribution in [0.25, 0.3) is 6.08 Å². The highest BCUT2D eigenvalue weighted by molar-refractivity contribution is 7.90. The second-order valence-electron chi connectivity index (χ2n) is 5.03. The summed E-state index contributed by atoms with van der Waals surface area (Å²) in [4.78, 5) is 11.8. The maximum absolute atomic E-state index is 12.8. The van der Waals surface area contributed by atoms with Crippen LogP contribution in [0.15, 0.2) is 29.8 Å². The summed E-state index contributed by atoms with van der Waals surface area (Å²) in [7, 11) is -3.56. The highest BCUT2D eigenvalue weighted by Gasteiger charge is 2.29. The number of carbonyl (C=O) groups excluding carboxylic acids is 1. The van der Waals surface area contributed by atoms with Crippen molar-refractivity contribution in [2.45, 2.75) is 19.8 Å². The molecule has 1 saturated carbocycles. The number of sulfonamides is 1. The van der Waals surface area contributed by atoms with E-state index in [9.17, 15) is 17.6 Å². The van der Waals surface area contributed by atoms with Crippen molar-refractivity contribution in [3.63, 3.8) is 0 Å². The van der Waals surface area contributed by atoms with Gasteiger partial charge in [0.05, 0.1) is 5.75 Å². The number of carbonyl (C=O) groups is 1. The molecule has 2 rings (SSSR count). The number of halogens is 1. The molecule has 6 heteroatoms. The van der Waals surface area contributed by atoms with Gasteiger partial charge in [0.15, 0.2) is 0 Å². The fourth-order valence-corrected chi connectivity index (χ4v) is 3.21. The minimum atomic E-state index is -3.56. The van der Waals surface area contributed by atoms with E-state index in [-0.39, 0.29) is 23.1 Å². The molecule has 20 heavy (non-hydrogen) atoms. The molecule has 1 aromatic carbocycles. The molecule has 1 amide bonds. The van der Waals surface area contributed by atoms with Crippen LogP contribution in [0, 0.1) is 11.7 Å². The third-order valence-electron chi connectivity index (χ3n) is 3.01. The molecular weight excluding hydrogens is 281 g/mol. The molecule has 108 valence electrons. The van der Waals surface area contributed by atoms with E-state index in [2.05, 4.69) is 0 Å². The van der Waals surface area contributed by atoms with E-state index >= 15 is 0 Å². The second-order valence-corrected chi connectivity index (χ2v) is 6.80. The highest BCUT2D eigenvalue weighted by atomic mass is 32.2. The number of benzene rings is 1. The molecule has 4 nitrogen and oxygen atoms in total. The van der Waals surface area contributed by atoms with Crippen molar-refractivity contribution in [3.05, 3.63) is 41.2 Å². The van der Waals surface area contributed by atoms with Crippen LogP contribution < -0.4 is 4.72 Å². The molecule has 0 heterocycles. The van der Waals surface area contributed by atoms with Gasteiger partial charge in [-0.3, -0.25) is 4.79 Å². The van der Waals surface area contributed by atoms with Gasteiger partial charge in [-0.25, -0.2) is 17.5 Å². The van der Waals surface area contributed by atoms with Crippen molar-refractivity contribution in [1.29, 1.82) is 0 Å². The van der Waals surface area contributed by atoms with Crippen molar-refractivity contribution in [3.8, 4) is 0 Å². The molecule has 0 radical (unpaired) electrons. The average Bonchev–Trinajstić information content (AvgIpc) is 3.14. The van der Waals surface area contributed by atoms with Crippen LogP contribution in [0.2, 0.25) is 0 Å². The number of amides is 1. The summed E-state index contributed by atoms with van der Waals surface area (Å²) >= 11 is 0. The Kier molecular flexibility index (Phi) is 4.23. The van der Waals surface area contributed by atoms with Crippen molar-refractivity contribution in [2.24, 2.45) is 5.92 Å². The first-order valence-corrected chi connectivity index (χ1v) is 7.99. The van der Waals surface area contributed by atoms with Crippen LogP contribution in [-0.2, 0) is 14.8 Å². The van der Waals surface area contributed by atoms with Gasteiger partial charge in [0.1, 0.15) is 5.82 Å². The molecule has 1 aliphatic rings. The van der Waals surface area contributed by atoms with Gasteiger partial charge in [-0.05, 0) is 49.5 Å². The monoisotopic (exact) mass is 297 g/mol. The van der Waals surface area contributed by atoms with Gasteiger partial charge in [0, 0.05) is 5.57 Å². The fourth-order valence-electron chi connectivity index (χ4n) is 1.73. The molecule has 1 N–H and O–H groups in total. The Bertz CT molecular complexity index is 631. The predicted octanol–water partition coefficient (Wildman–Crippen LogP) is 2.08. The van der Waals surface area contributed by atoms with Gasteiger partial charge in [0.25, 0.3) is 5.91 Å². The molecule has 1 aliphatic carbocycles. The number of hydrogen-bond acceptors (Lipinski definition) is 3. The van der Waals surface area contributed by atoms with Crippen molar-refractivity contribution in [1.82, 2.24) is 4.72 Å². The molecule has 0 atom stereocenters. The average molecular weight is 297 g/mol. The van der Waals surface area contributed by atoms with Gasteiger partial charge in [-0.1, -0.05) is 12.1 Å². The first kappa shape index (κ1) is 14.7. The third kappa shape index (κ3) is 4.45. The van der Waals surface area contributed by atoms with Crippen LogP contribution in [-0.4, -0.2) is 20.1 Å². The molecule has 1 aromatic rings. The van der Waals surface area contributed by atoms with E-state index in [1.54, 1.807) is 0 Å². The standard InChI is InChI=1S/C14H16FNO3S/c1-10(8-11-4-6-13(15)7-5-11)14(17)16-20(18,19)9-12-2-3-12/h4-8,12H,2-3,9H2,1H3,(H,16,17)/b10-8-. The lowest BCUT2D eigenvalue weighted by Gasteiger charge is -2.06. The second kappa shape index (κ2) is 5.75. The molecule has 0 aliphatic heterocycles. The molecule has 0 spiro atoms. The Labute approximate surface area is 117 Å². The number of nitrogens with one attached hydrogen (secondary N) is 1. The zero-order valence-electron chi connectivity index (χ0n) is 11.1. The molecule has 0 saturated heterocycles. The summed E-state index contributed by atoms with van der Waals surface area (Å²) < 4.78 is 38.2. The van der Waals surface area contributed by atoms with Gasteiger partial charge >= 0.3 is 0 Å². The zero-order valence-corrected chi connectivity index (χ0v) is 11.9. The van der Waals surface area contributed by atoms with E-state index in [1.807, 2.05) is 4.72 Å². The number of rotatable bonds is 5. The van der Waals surface area contributed by atoms with E-state index in [4.69, 9.17) is 0 Å². The molecule has 0 bridgehead atoms. The van der Waals surface area contributed by atoms with Crippen LogP contribution in [0.3, 0.4) is 0 Å². The van der Waals surface area contributed by atoms with E-state index in [1.165, 1.54) is 37.3 Å². The summed E-state index contributed by atoms with van der Waals surface area (Å²) in [5, 5.41) is 0. The minimum absolute atomic E-state index is 0.00255. The molecule has 0 unspecified atom stereocenters. The lowest BCUT2D eigenvalue weighted by Crippen LogP contribution is -2.33. The largest absolute Gasteiger partial charge is 0.269 e. The van der Waals surface area contributed by atoms with E-state index in [0.29, 0.717) is 5.56 Å². The summed E-state index contributed by atoms with van der Waals surface area (Å²) in [6, 6.07) is 5.59. The molecule has 0 aromatic heterocycles. The van der Waals surface area contributed by atoms with Crippen molar-refractivity contribution >= 4 is 22.0 Å². The Morgan fingerprint density at radius 2 is 1.95 bits per heavy atom. The van der Waals surface area contributed by atoms with Crippen LogP contribution in [0.5, 0.6) is 0 Å². The van der Waals surface area contributed by atoms with E-state index < -0.39 is 15.9 Å². The van der Waals surface area contributed by atoms with Gasteiger partial charge in [-0.2, -0.15) is 0 Å². The quantitative estimate of drug-likeness (QED) is 0.846. The smallest absolute Gasteiger partial charge is 0.260 e. The van der Waals surface area contributed by atoms with Crippen molar-refractivity contribution < 1.29 is 17.6 Å². The zero-order chi connectivity index (χ0) is 14.8. The Balaban J connectivity index is 2.02. The van der Waals surface area contributed by atoms with Crippen LogP contribution in [0.4, 0.5) is 4.39 Å². The lowest BCUT2D eigenvalue weighted by atomic mass is 10.1. The Morgan fingerprint density at radius 3 is 2.50 bits per heavy atom. The fraction of sp³-hybridized carbons (Fsp3) is 0.357. The Morgan fingerprint density at radius 1 is 1.35 bits per heavy atom. The topological polar surface area (TPSA) is 63.2 Å². The van der Waals surface area contributed by atoms with Crippen LogP contribution in [0.1, 0.15) is 25.3 Å². The molecule has 1 fully saturated rings. The summed E-state index contributed by atoms with van der Waals surface area (Å²) in [5.41, 5.74) is 0.898. The summed E-state index contributed by atoms with van der Waals surface area (Å²) in [6.45, 7) is 1.52. The SMILES string of the molecule is C/C(=C/c1ccc(F)cc1)C(=O)NS(=O)(=O)CC1CC1. The van der Waals surface area contributed by atoms with Gasteiger partial charge in [0.2, 0.25) is 10.0 Å². The summed E-state index contributed by atoms with van der Waals surface area (Å²) in [6.07, 6.45) is 3.32. The Hall–Kier alpha value is -1.69. The van der Waals surface area contributed by atoms with Gasteiger partial charge < -0.3 is 0 Å². The predicted molar refractivity (Wildman–Crippen MR) is 74.7 cm³/mol. The third-order valence-corrected chi connectivity index (χ3v) is 4.42.